The Morgan fingerprint density at radius 1 is 1.00 bits per heavy atom. The Hall–Kier alpha value is -2.92. The number of anilines is 1. The number of benzene rings is 3. The molecule has 1 N–H and O–H groups in total. The number of aromatic nitrogens is 2. The number of imidazole rings is 1. The van der Waals surface area contributed by atoms with Gasteiger partial charge in [-0.15, -0.1) is 0 Å². The van der Waals surface area contributed by atoms with Crippen molar-refractivity contribution < 1.29 is 4.79 Å². The van der Waals surface area contributed by atoms with Gasteiger partial charge in [0.2, 0.25) is 5.91 Å². The van der Waals surface area contributed by atoms with Crippen molar-refractivity contribution in [3.63, 3.8) is 0 Å². The highest BCUT2D eigenvalue weighted by Gasteiger charge is 2.15. The Kier molecular flexibility index (Phi) is 4.77. The predicted molar refractivity (Wildman–Crippen MR) is 113 cm³/mol. The lowest BCUT2D eigenvalue weighted by atomic mass is 10.2. The molecule has 134 valence electrons. The van der Waals surface area contributed by atoms with Crippen LogP contribution in [-0.2, 0) is 11.3 Å². The number of fused-ring (bicyclic) bond motifs is 1. The van der Waals surface area contributed by atoms with E-state index < -0.39 is 0 Å². The van der Waals surface area contributed by atoms with Crippen molar-refractivity contribution in [1.29, 1.82) is 0 Å². The Labute approximate surface area is 166 Å². The maximum absolute atomic E-state index is 12.7. The zero-order chi connectivity index (χ0) is 18.8. The second kappa shape index (κ2) is 7.37. The molecule has 0 aliphatic heterocycles. The van der Waals surface area contributed by atoms with Gasteiger partial charge in [0.1, 0.15) is 12.4 Å². The number of rotatable bonds is 4. The molecule has 0 aliphatic carbocycles. The van der Waals surface area contributed by atoms with Crippen molar-refractivity contribution in [3.8, 4) is 11.4 Å². The van der Waals surface area contributed by atoms with E-state index in [0.717, 1.165) is 38.1 Å². The third-order valence-corrected chi connectivity index (χ3v) is 5.01. The van der Waals surface area contributed by atoms with E-state index in [4.69, 9.17) is 4.98 Å². The summed E-state index contributed by atoms with van der Waals surface area (Å²) in [5.41, 5.74) is 4.65. The lowest BCUT2D eigenvalue weighted by Gasteiger charge is -2.11. The van der Waals surface area contributed by atoms with Crippen molar-refractivity contribution in [1.82, 2.24) is 9.55 Å². The molecule has 4 nitrogen and oxygen atoms in total. The fraction of sp³-hybridized carbons (Fsp3) is 0.0909. The van der Waals surface area contributed by atoms with Crippen LogP contribution in [0.15, 0.2) is 77.3 Å². The standard InChI is InChI=1S/C22H18BrN3O/c1-15-6-2-3-7-18(15)24-21(27)14-26-20-9-5-4-8-19(20)25-22(26)16-10-12-17(23)13-11-16/h2-13H,14H2,1H3,(H,24,27). The minimum Gasteiger partial charge on any atom is -0.324 e. The monoisotopic (exact) mass is 419 g/mol. The van der Waals surface area contributed by atoms with Crippen molar-refractivity contribution in [2.45, 2.75) is 13.5 Å². The summed E-state index contributed by atoms with van der Waals surface area (Å²) in [4.78, 5) is 17.5. The summed E-state index contributed by atoms with van der Waals surface area (Å²) >= 11 is 3.46. The number of hydrogen-bond donors (Lipinski definition) is 1. The smallest absolute Gasteiger partial charge is 0.244 e. The topological polar surface area (TPSA) is 46.9 Å². The van der Waals surface area contributed by atoms with Gasteiger partial charge in [-0.25, -0.2) is 4.98 Å². The molecule has 0 bridgehead atoms. The van der Waals surface area contributed by atoms with Crippen LogP contribution >= 0.6 is 15.9 Å². The van der Waals surface area contributed by atoms with E-state index in [-0.39, 0.29) is 12.5 Å². The average molecular weight is 420 g/mol. The van der Waals surface area contributed by atoms with E-state index >= 15 is 0 Å². The molecule has 0 saturated heterocycles. The molecule has 5 heteroatoms. The third kappa shape index (κ3) is 3.64. The summed E-state index contributed by atoms with van der Waals surface area (Å²) < 4.78 is 2.97. The Morgan fingerprint density at radius 2 is 1.70 bits per heavy atom. The van der Waals surface area contributed by atoms with E-state index in [2.05, 4.69) is 21.2 Å². The molecule has 4 rings (SSSR count). The molecule has 4 aromatic rings. The fourth-order valence-electron chi connectivity index (χ4n) is 3.10. The molecule has 27 heavy (non-hydrogen) atoms. The highest BCUT2D eigenvalue weighted by atomic mass is 79.9. The number of halogens is 1. The number of carbonyl (C=O) groups is 1. The van der Waals surface area contributed by atoms with Gasteiger partial charge in [0.15, 0.2) is 0 Å². The van der Waals surface area contributed by atoms with Crippen LogP contribution in [0.2, 0.25) is 0 Å². The minimum atomic E-state index is -0.0779. The van der Waals surface area contributed by atoms with Crippen LogP contribution in [0.1, 0.15) is 5.56 Å². The molecule has 3 aromatic carbocycles. The number of para-hydroxylation sites is 3. The van der Waals surface area contributed by atoms with Gasteiger partial charge in [-0.05, 0) is 42.8 Å². The molecule has 1 aromatic heterocycles. The van der Waals surface area contributed by atoms with E-state index in [9.17, 15) is 4.79 Å². The first-order valence-electron chi connectivity index (χ1n) is 8.68. The van der Waals surface area contributed by atoms with Crippen molar-refractivity contribution in [2.24, 2.45) is 0 Å². The first-order valence-corrected chi connectivity index (χ1v) is 9.48. The van der Waals surface area contributed by atoms with Gasteiger partial charge in [0, 0.05) is 15.7 Å². The molecule has 0 atom stereocenters. The molecule has 0 unspecified atom stereocenters. The molecule has 0 spiro atoms. The second-order valence-electron chi connectivity index (χ2n) is 6.38. The van der Waals surface area contributed by atoms with Crippen molar-refractivity contribution in [2.75, 3.05) is 5.32 Å². The first-order chi connectivity index (χ1) is 13.1. The molecule has 1 heterocycles. The van der Waals surface area contributed by atoms with Gasteiger partial charge >= 0.3 is 0 Å². The Bertz CT molecular complexity index is 1120. The lowest BCUT2D eigenvalue weighted by Crippen LogP contribution is -2.19. The van der Waals surface area contributed by atoms with Crippen molar-refractivity contribution in [3.05, 3.63) is 82.8 Å². The summed E-state index contributed by atoms with van der Waals surface area (Å²) in [5.74, 6) is 0.703. The van der Waals surface area contributed by atoms with E-state index in [0.29, 0.717) is 0 Å². The van der Waals surface area contributed by atoms with Gasteiger partial charge in [-0.1, -0.05) is 58.4 Å². The fourth-order valence-corrected chi connectivity index (χ4v) is 3.37. The second-order valence-corrected chi connectivity index (χ2v) is 7.30. The molecular formula is C22H18BrN3O. The molecule has 0 radical (unpaired) electrons. The Morgan fingerprint density at radius 3 is 2.48 bits per heavy atom. The van der Waals surface area contributed by atoms with Crippen LogP contribution in [-0.4, -0.2) is 15.5 Å². The zero-order valence-corrected chi connectivity index (χ0v) is 16.4. The predicted octanol–water partition coefficient (Wildman–Crippen LogP) is 5.41. The molecule has 0 aliphatic rings. The summed E-state index contributed by atoms with van der Waals surface area (Å²) in [6.45, 7) is 2.18. The van der Waals surface area contributed by atoms with Crippen LogP contribution in [0.3, 0.4) is 0 Å². The van der Waals surface area contributed by atoms with E-state index in [1.165, 1.54) is 0 Å². The number of nitrogens with one attached hydrogen (secondary N) is 1. The summed E-state index contributed by atoms with van der Waals surface area (Å²) in [7, 11) is 0. The molecular weight excluding hydrogens is 402 g/mol. The van der Waals surface area contributed by atoms with Crippen LogP contribution in [0.25, 0.3) is 22.4 Å². The molecule has 0 saturated carbocycles. The number of amides is 1. The summed E-state index contributed by atoms with van der Waals surface area (Å²) in [6.07, 6.45) is 0. The molecule has 0 fully saturated rings. The van der Waals surface area contributed by atoms with Gasteiger partial charge < -0.3 is 9.88 Å². The largest absolute Gasteiger partial charge is 0.324 e. The highest BCUT2D eigenvalue weighted by molar-refractivity contribution is 9.10. The van der Waals surface area contributed by atoms with Crippen LogP contribution in [0, 0.1) is 6.92 Å². The van der Waals surface area contributed by atoms with Crippen molar-refractivity contribution >= 4 is 38.6 Å². The third-order valence-electron chi connectivity index (χ3n) is 4.48. The number of carbonyl (C=O) groups excluding carboxylic acids is 1. The first kappa shape index (κ1) is 17.5. The maximum atomic E-state index is 12.7. The minimum absolute atomic E-state index is 0.0779. The SMILES string of the molecule is Cc1ccccc1NC(=O)Cn1c(-c2ccc(Br)cc2)nc2ccccc21. The lowest BCUT2D eigenvalue weighted by molar-refractivity contribution is -0.116. The summed E-state index contributed by atoms with van der Waals surface area (Å²) in [6, 6.07) is 23.6. The van der Waals surface area contributed by atoms with E-state index in [1.807, 2.05) is 84.3 Å². The number of nitrogens with zero attached hydrogens (tertiary/aromatic N) is 2. The highest BCUT2D eigenvalue weighted by Crippen LogP contribution is 2.26. The number of hydrogen-bond acceptors (Lipinski definition) is 2. The Balaban J connectivity index is 1.71. The van der Waals surface area contributed by atoms with Gasteiger partial charge in [-0.2, -0.15) is 0 Å². The average Bonchev–Trinajstić information content (AvgIpc) is 3.03. The summed E-state index contributed by atoms with van der Waals surface area (Å²) in [5, 5.41) is 3.01. The normalized spacial score (nSPS) is 10.9. The number of aryl methyl sites for hydroxylation is 1. The quantitative estimate of drug-likeness (QED) is 0.480. The van der Waals surface area contributed by atoms with Crippen LogP contribution in [0.4, 0.5) is 5.69 Å². The zero-order valence-electron chi connectivity index (χ0n) is 14.8. The van der Waals surface area contributed by atoms with Gasteiger partial charge in [-0.3, -0.25) is 4.79 Å². The maximum Gasteiger partial charge on any atom is 0.244 e. The van der Waals surface area contributed by atoms with E-state index in [1.54, 1.807) is 0 Å². The van der Waals surface area contributed by atoms with Gasteiger partial charge in [0.25, 0.3) is 0 Å². The molecule has 1 amide bonds. The van der Waals surface area contributed by atoms with Crippen LogP contribution in [0.5, 0.6) is 0 Å². The van der Waals surface area contributed by atoms with Crippen LogP contribution < -0.4 is 5.32 Å². The van der Waals surface area contributed by atoms with Gasteiger partial charge in [0.05, 0.1) is 11.0 Å².